The highest BCUT2D eigenvalue weighted by molar-refractivity contribution is 14.1. The van der Waals surface area contributed by atoms with Gasteiger partial charge in [-0.1, -0.05) is 30.3 Å². The summed E-state index contributed by atoms with van der Waals surface area (Å²) in [5.41, 5.74) is 3.20. The van der Waals surface area contributed by atoms with Crippen molar-refractivity contribution in [3.8, 4) is 23.6 Å². The van der Waals surface area contributed by atoms with Crippen LogP contribution in [-0.2, 0) is 6.61 Å². The summed E-state index contributed by atoms with van der Waals surface area (Å²) in [6.45, 7) is 0.213. The van der Waals surface area contributed by atoms with Crippen LogP contribution in [0.2, 0.25) is 0 Å². The fourth-order valence-electron chi connectivity index (χ4n) is 3.01. The lowest BCUT2D eigenvalue weighted by molar-refractivity contribution is 0.0697. The Morgan fingerprint density at radius 2 is 1.78 bits per heavy atom. The number of carbonyl (C=O) groups is 1. The van der Waals surface area contributed by atoms with E-state index in [1.54, 1.807) is 36.4 Å². The number of hydrogen-bond acceptors (Lipinski definition) is 5. The van der Waals surface area contributed by atoms with Crippen molar-refractivity contribution < 1.29 is 19.4 Å². The van der Waals surface area contributed by atoms with E-state index in [0.29, 0.717) is 28.2 Å². The molecule has 0 atom stereocenters. The van der Waals surface area contributed by atoms with Crippen LogP contribution in [0.5, 0.6) is 11.5 Å². The van der Waals surface area contributed by atoms with E-state index >= 15 is 0 Å². The first-order chi connectivity index (χ1) is 15.5. The minimum atomic E-state index is -1.02. The molecule has 0 saturated carbocycles. The molecule has 1 N–H and O–H groups in total. The van der Waals surface area contributed by atoms with E-state index < -0.39 is 5.97 Å². The quantitative estimate of drug-likeness (QED) is 0.243. The fourth-order valence-corrected chi connectivity index (χ4v) is 3.79. The van der Waals surface area contributed by atoms with E-state index in [1.807, 2.05) is 18.2 Å². The van der Waals surface area contributed by atoms with Crippen LogP contribution >= 0.6 is 22.6 Å². The summed E-state index contributed by atoms with van der Waals surface area (Å²) in [6.07, 6.45) is 1.70. The minimum Gasteiger partial charge on any atom is -0.493 e. The van der Waals surface area contributed by atoms with E-state index in [9.17, 15) is 15.3 Å². The van der Waals surface area contributed by atoms with E-state index in [2.05, 4.69) is 34.7 Å². The van der Waals surface area contributed by atoms with Gasteiger partial charge in [0.25, 0.3) is 0 Å². The Morgan fingerprint density at radius 3 is 2.41 bits per heavy atom. The van der Waals surface area contributed by atoms with Gasteiger partial charge in [-0.2, -0.15) is 10.5 Å². The zero-order chi connectivity index (χ0) is 23.1. The summed E-state index contributed by atoms with van der Waals surface area (Å²) in [7, 11) is 1.53. The Labute approximate surface area is 199 Å². The van der Waals surface area contributed by atoms with Gasteiger partial charge in [0.2, 0.25) is 0 Å². The second-order valence-electron chi connectivity index (χ2n) is 6.64. The number of hydrogen-bond donors (Lipinski definition) is 1. The highest BCUT2D eigenvalue weighted by Crippen LogP contribution is 2.36. The van der Waals surface area contributed by atoms with Gasteiger partial charge in [-0.05, 0) is 70.1 Å². The summed E-state index contributed by atoms with van der Waals surface area (Å²) in [6, 6.07) is 21.3. The zero-order valence-electron chi connectivity index (χ0n) is 17.0. The van der Waals surface area contributed by atoms with Crippen molar-refractivity contribution in [1.82, 2.24) is 0 Å². The van der Waals surface area contributed by atoms with Crippen molar-refractivity contribution in [2.24, 2.45) is 0 Å². The summed E-state index contributed by atoms with van der Waals surface area (Å²) in [4.78, 5) is 11.0. The van der Waals surface area contributed by atoms with Crippen molar-refractivity contribution in [1.29, 1.82) is 10.5 Å². The lowest BCUT2D eigenvalue weighted by atomic mass is 10.0. The molecular weight excluding hydrogens is 519 g/mol. The van der Waals surface area contributed by atoms with Gasteiger partial charge in [-0.25, -0.2) is 4.79 Å². The molecular formula is C25H17IN2O4. The molecule has 158 valence electrons. The molecule has 0 radical (unpaired) electrons. The number of rotatable bonds is 7. The van der Waals surface area contributed by atoms with Crippen molar-refractivity contribution in [2.75, 3.05) is 7.11 Å². The Hall–Kier alpha value is -3.82. The molecule has 0 aliphatic heterocycles. The Morgan fingerprint density at radius 1 is 1.09 bits per heavy atom. The summed E-state index contributed by atoms with van der Waals surface area (Å²) >= 11 is 2.13. The summed E-state index contributed by atoms with van der Waals surface area (Å²) in [5.74, 6) is 0.0183. The molecule has 32 heavy (non-hydrogen) atoms. The third kappa shape index (κ3) is 5.26. The van der Waals surface area contributed by atoms with Crippen LogP contribution < -0.4 is 9.47 Å². The minimum absolute atomic E-state index is 0.154. The van der Waals surface area contributed by atoms with Crippen molar-refractivity contribution in [3.05, 3.63) is 92.1 Å². The van der Waals surface area contributed by atoms with Crippen LogP contribution in [0, 0.1) is 26.2 Å². The Bertz CT molecular complexity index is 1270. The molecule has 0 aliphatic carbocycles. The molecule has 3 aromatic rings. The second kappa shape index (κ2) is 10.5. The maximum Gasteiger partial charge on any atom is 0.335 e. The molecule has 0 fully saturated rings. The monoisotopic (exact) mass is 536 g/mol. The van der Waals surface area contributed by atoms with Crippen molar-refractivity contribution in [3.63, 3.8) is 0 Å². The molecule has 0 spiro atoms. The Kier molecular flexibility index (Phi) is 7.48. The van der Waals surface area contributed by atoms with E-state index in [-0.39, 0.29) is 12.2 Å². The highest BCUT2D eigenvalue weighted by Gasteiger charge is 2.13. The number of methoxy groups -OCH3 is 1. The molecule has 0 bridgehead atoms. The smallest absolute Gasteiger partial charge is 0.335 e. The standard InChI is InChI=1S/C25H17IN2O4/c1-31-23-12-16(10-21(14-28)17-6-8-18(9-7-17)25(29)30)11-22(26)24(23)32-15-20-5-3-2-4-19(20)13-27/h2-12H,15H2,1H3,(H,29,30)/b21-10-. The number of carboxylic acids is 1. The topological polar surface area (TPSA) is 103 Å². The van der Waals surface area contributed by atoms with E-state index in [1.165, 1.54) is 19.2 Å². The Balaban J connectivity index is 1.90. The van der Waals surface area contributed by atoms with Gasteiger partial charge in [0, 0.05) is 5.56 Å². The van der Waals surface area contributed by atoms with Crippen LogP contribution in [0.1, 0.15) is 32.6 Å². The molecule has 0 aliphatic rings. The number of allylic oxidation sites excluding steroid dienone is 1. The lowest BCUT2D eigenvalue weighted by Crippen LogP contribution is -2.02. The van der Waals surface area contributed by atoms with Crippen molar-refractivity contribution in [2.45, 2.75) is 6.61 Å². The molecule has 6 nitrogen and oxygen atoms in total. The highest BCUT2D eigenvalue weighted by atomic mass is 127. The van der Waals surface area contributed by atoms with E-state index in [4.69, 9.17) is 14.6 Å². The zero-order valence-corrected chi connectivity index (χ0v) is 19.2. The average molecular weight is 536 g/mol. The normalized spacial score (nSPS) is 10.7. The fraction of sp³-hybridized carbons (Fsp3) is 0.0800. The maximum atomic E-state index is 11.0. The molecule has 0 saturated heterocycles. The van der Waals surface area contributed by atoms with Gasteiger partial charge in [0.1, 0.15) is 6.61 Å². The predicted molar refractivity (Wildman–Crippen MR) is 128 cm³/mol. The third-order valence-corrected chi connectivity index (χ3v) is 5.44. The molecule has 3 aromatic carbocycles. The SMILES string of the molecule is COc1cc(/C=C(/C#N)c2ccc(C(=O)O)cc2)cc(I)c1OCc1ccccc1C#N. The largest absolute Gasteiger partial charge is 0.493 e. The van der Waals surface area contributed by atoms with Crippen molar-refractivity contribution >= 4 is 40.2 Å². The molecule has 0 heterocycles. The van der Waals surface area contributed by atoms with Crippen LogP contribution in [0.15, 0.2) is 60.7 Å². The van der Waals surface area contributed by atoms with Gasteiger partial charge in [0.05, 0.1) is 39.5 Å². The van der Waals surface area contributed by atoms with Crippen LogP contribution in [-0.4, -0.2) is 18.2 Å². The van der Waals surface area contributed by atoms with Gasteiger partial charge < -0.3 is 14.6 Å². The van der Waals surface area contributed by atoms with Crippen LogP contribution in [0.4, 0.5) is 0 Å². The average Bonchev–Trinajstić information content (AvgIpc) is 2.81. The summed E-state index contributed by atoms with van der Waals surface area (Å²) in [5, 5.41) is 27.9. The van der Waals surface area contributed by atoms with E-state index in [0.717, 1.165) is 14.7 Å². The van der Waals surface area contributed by atoms with Gasteiger partial charge in [-0.15, -0.1) is 0 Å². The van der Waals surface area contributed by atoms with Crippen LogP contribution in [0.25, 0.3) is 11.6 Å². The molecule has 3 rings (SSSR count). The number of aromatic carboxylic acids is 1. The number of benzene rings is 3. The van der Waals surface area contributed by atoms with Gasteiger partial charge >= 0.3 is 5.97 Å². The number of carboxylic acid groups (broad SMARTS) is 1. The van der Waals surface area contributed by atoms with Gasteiger partial charge in [-0.3, -0.25) is 0 Å². The number of ether oxygens (including phenoxy) is 2. The maximum absolute atomic E-state index is 11.0. The first kappa shape index (κ1) is 22.9. The van der Waals surface area contributed by atoms with Gasteiger partial charge in [0.15, 0.2) is 11.5 Å². The first-order valence-electron chi connectivity index (χ1n) is 9.40. The number of halogens is 1. The molecule has 0 unspecified atom stereocenters. The third-order valence-electron chi connectivity index (χ3n) is 4.64. The lowest BCUT2D eigenvalue weighted by Gasteiger charge is -2.14. The summed E-state index contributed by atoms with van der Waals surface area (Å²) < 4.78 is 12.3. The van der Waals surface area contributed by atoms with Crippen LogP contribution in [0.3, 0.4) is 0 Å². The number of nitriles is 2. The molecule has 0 aromatic heterocycles. The number of nitrogens with zero attached hydrogens (tertiary/aromatic N) is 2. The molecule has 0 amide bonds. The second-order valence-corrected chi connectivity index (χ2v) is 7.81. The first-order valence-corrected chi connectivity index (χ1v) is 10.5. The predicted octanol–water partition coefficient (Wildman–Crippen LogP) is 5.51. The molecule has 7 heteroatoms.